The van der Waals surface area contributed by atoms with Crippen LogP contribution in [0.5, 0.6) is 0 Å². The Labute approximate surface area is 137 Å². The predicted octanol–water partition coefficient (Wildman–Crippen LogP) is 3.31. The summed E-state index contributed by atoms with van der Waals surface area (Å²) in [5.74, 6) is 5.20. The molecular formula is C17H19F3N2O2. The summed E-state index contributed by atoms with van der Waals surface area (Å²) >= 11 is 0. The third-order valence-corrected chi connectivity index (χ3v) is 5.93. The van der Waals surface area contributed by atoms with Gasteiger partial charge in [-0.05, 0) is 42.4 Å². The van der Waals surface area contributed by atoms with Crippen LogP contribution in [0.2, 0.25) is 0 Å². The number of carbonyl (C=O) groups is 2. The van der Waals surface area contributed by atoms with Crippen molar-refractivity contribution in [3.05, 3.63) is 29.8 Å². The Morgan fingerprint density at radius 2 is 2.00 bits per heavy atom. The lowest BCUT2D eigenvalue weighted by molar-refractivity contribution is -0.143. The highest BCUT2D eigenvalue weighted by Gasteiger charge is 2.68. The Balaban J connectivity index is 1.98. The maximum atomic E-state index is 13.0. The minimum atomic E-state index is -4.53. The second-order valence-corrected chi connectivity index (χ2v) is 7.21. The number of benzene rings is 1. The fourth-order valence-corrected chi connectivity index (χ4v) is 4.33. The first-order valence-corrected chi connectivity index (χ1v) is 7.81. The molecule has 1 aromatic carbocycles. The molecule has 0 aliphatic heterocycles. The van der Waals surface area contributed by atoms with E-state index >= 15 is 0 Å². The Hall–Kier alpha value is -1.89. The van der Waals surface area contributed by atoms with Crippen molar-refractivity contribution < 1.29 is 22.8 Å². The van der Waals surface area contributed by atoms with E-state index < -0.39 is 28.5 Å². The molecule has 24 heavy (non-hydrogen) atoms. The number of hydrogen-bond acceptors (Lipinski definition) is 3. The van der Waals surface area contributed by atoms with Crippen LogP contribution in [0.3, 0.4) is 0 Å². The van der Waals surface area contributed by atoms with E-state index in [-0.39, 0.29) is 17.4 Å². The second-order valence-electron chi connectivity index (χ2n) is 7.21. The molecule has 0 radical (unpaired) electrons. The van der Waals surface area contributed by atoms with Gasteiger partial charge < -0.3 is 0 Å². The normalized spacial score (nSPS) is 28.2. The number of hydrazine groups is 1. The van der Waals surface area contributed by atoms with Crippen molar-refractivity contribution in [3.63, 3.8) is 0 Å². The molecule has 2 aliphatic carbocycles. The summed E-state index contributed by atoms with van der Waals surface area (Å²) in [6, 6.07) is 4.27. The molecule has 2 fully saturated rings. The van der Waals surface area contributed by atoms with E-state index in [1.165, 1.54) is 12.1 Å². The summed E-state index contributed by atoms with van der Waals surface area (Å²) in [6.07, 6.45) is -3.05. The molecule has 2 bridgehead atoms. The topological polar surface area (TPSA) is 63.4 Å². The minimum absolute atomic E-state index is 0.0665. The highest BCUT2D eigenvalue weighted by Crippen LogP contribution is 2.64. The summed E-state index contributed by atoms with van der Waals surface area (Å²) in [7, 11) is 0. The van der Waals surface area contributed by atoms with Crippen molar-refractivity contribution in [2.24, 2.45) is 22.6 Å². The van der Waals surface area contributed by atoms with Gasteiger partial charge in [-0.2, -0.15) is 13.2 Å². The van der Waals surface area contributed by atoms with Crippen molar-refractivity contribution in [2.45, 2.75) is 39.3 Å². The molecule has 0 saturated heterocycles. The molecule has 0 aromatic heterocycles. The first-order valence-electron chi connectivity index (χ1n) is 7.81. The second kappa shape index (κ2) is 5.05. The molecule has 2 N–H and O–H groups in total. The zero-order valence-corrected chi connectivity index (χ0v) is 13.5. The van der Waals surface area contributed by atoms with Crippen molar-refractivity contribution in [1.29, 1.82) is 0 Å². The summed E-state index contributed by atoms with van der Waals surface area (Å²) in [5, 5.41) is 0.711. The Morgan fingerprint density at radius 1 is 1.33 bits per heavy atom. The lowest BCUT2D eigenvalue weighted by Crippen LogP contribution is -2.54. The third kappa shape index (κ3) is 2.10. The molecule has 0 spiro atoms. The average molecular weight is 340 g/mol. The monoisotopic (exact) mass is 340 g/mol. The van der Waals surface area contributed by atoms with Crippen LogP contribution < -0.4 is 10.9 Å². The predicted molar refractivity (Wildman–Crippen MR) is 81.7 cm³/mol. The molecular weight excluding hydrogens is 321 g/mol. The van der Waals surface area contributed by atoms with Crippen LogP contribution in [0.25, 0.3) is 0 Å². The quantitative estimate of drug-likeness (QED) is 0.389. The van der Waals surface area contributed by atoms with E-state index in [2.05, 4.69) is 0 Å². The Morgan fingerprint density at radius 3 is 2.50 bits per heavy atom. The number of fused-ring (bicyclic) bond motifs is 2. The van der Waals surface area contributed by atoms with Gasteiger partial charge in [0.2, 0.25) is 0 Å². The van der Waals surface area contributed by atoms with Crippen LogP contribution in [0, 0.1) is 16.7 Å². The van der Waals surface area contributed by atoms with Crippen LogP contribution in [0.15, 0.2) is 24.3 Å². The Kier molecular flexibility index (Phi) is 3.57. The van der Waals surface area contributed by atoms with Gasteiger partial charge in [-0.15, -0.1) is 0 Å². The van der Waals surface area contributed by atoms with E-state index in [9.17, 15) is 22.8 Å². The van der Waals surface area contributed by atoms with Crippen molar-refractivity contribution in [3.8, 4) is 0 Å². The van der Waals surface area contributed by atoms with Crippen LogP contribution in [0.4, 0.5) is 18.9 Å². The van der Waals surface area contributed by atoms with Gasteiger partial charge in [0, 0.05) is 6.42 Å². The number of carbonyl (C=O) groups excluding carboxylic acids is 2. The van der Waals surface area contributed by atoms with Gasteiger partial charge in [0.1, 0.15) is 11.2 Å². The third-order valence-electron chi connectivity index (χ3n) is 5.93. The molecule has 2 atom stereocenters. The molecule has 2 unspecified atom stereocenters. The fourth-order valence-electron chi connectivity index (χ4n) is 4.33. The summed E-state index contributed by atoms with van der Waals surface area (Å²) < 4.78 is 38.6. The lowest BCUT2D eigenvalue weighted by atomic mass is 9.68. The van der Waals surface area contributed by atoms with Gasteiger partial charge in [0.25, 0.3) is 5.91 Å². The van der Waals surface area contributed by atoms with E-state index in [1.54, 1.807) is 0 Å². The standard InChI is InChI=1S/C17H19F3N2O2/c1-15(2)10-6-7-16(15,13(23)9-10)14(24)22(21)12-5-3-4-11(8-12)17(18,19)20/h3-5,8,10H,6-7,9,21H2,1-2H3. The number of nitrogens with zero attached hydrogens (tertiary/aromatic N) is 1. The van der Waals surface area contributed by atoms with Gasteiger partial charge in [-0.25, -0.2) is 10.9 Å². The van der Waals surface area contributed by atoms with Gasteiger partial charge in [-0.1, -0.05) is 19.9 Å². The fraction of sp³-hybridized carbons (Fsp3) is 0.529. The number of rotatable bonds is 2. The highest BCUT2D eigenvalue weighted by atomic mass is 19.4. The van der Waals surface area contributed by atoms with Crippen molar-refractivity contribution >= 4 is 17.4 Å². The smallest absolute Gasteiger partial charge is 0.298 e. The summed E-state index contributed by atoms with van der Waals surface area (Å²) in [6.45, 7) is 3.74. The van der Waals surface area contributed by atoms with E-state index in [0.29, 0.717) is 17.9 Å². The van der Waals surface area contributed by atoms with E-state index in [1.807, 2.05) is 13.8 Å². The molecule has 3 rings (SSSR count). The maximum absolute atomic E-state index is 13.0. The van der Waals surface area contributed by atoms with Crippen LogP contribution in [-0.2, 0) is 15.8 Å². The van der Waals surface area contributed by atoms with Crippen LogP contribution in [-0.4, -0.2) is 11.7 Å². The SMILES string of the molecule is CC1(C)C2CCC1(C(=O)N(N)c1cccc(C(F)(F)F)c1)C(=O)C2. The molecule has 2 saturated carbocycles. The van der Waals surface area contributed by atoms with E-state index in [4.69, 9.17) is 5.84 Å². The molecule has 7 heteroatoms. The maximum Gasteiger partial charge on any atom is 0.416 e. The number of amides is 1. The summed E-state index contributed by atoms with van der Waals surface area (Å²) in [4.78, 5) is 25.5. The molecule has 2 aliphatic rings. The average Bonchev–Trinajstić information content (AvgIpc) is 2.88. The number of halogens is 3. The minimum Gasteiger partial charge on any atom is -0.298 e. The van der Waals surface area contributed by atoms with Gasteiger partial charge in [0.05, 0.1) is 11.3 Å². The largest absolute Gasteiger partial charge is 0.416 e. The number of anilines is 1. The molecule has 1 aromatic rings. The lowest BCUT2D eigenvalue weighted by Gasteiger charge is -2.37. The highest BCUT2D eigenvalue weighted by molar-refractivity contribution is 6.14. The van der Waals surface area contributed by atoms with Crippen LogP contribution >= 0.6 is 0 Å². The van der Waals surface area contributed by atoms with Gasteiger partial charge in [-0.3, -0.25) is 9.59 Å². The number of alkyl halides is 3. The Bertz CT molecular complexity index is 714. The molecule has 4 nitrogen and oxygen atoms in total. The number of Topliss-reactive ketones (excluding diaryl/α,β-unsaturated/α-hetero) is 1. The number of nitrogens with two attached hydrogens (primary N) is 1. The van der Waals surface area contributed by atoms with Crippen LogP contribution in [0.1, 0.15) is 38.7 Å². The summed E-state index contributed by atoms with van der Waals surface area (Å²) in [5.41, 5.74) is -2.73. The van der Waals surface area contributed by atoms with Gasteiger partial charge >= 0.3 is 6.18 Å². The number of ketones is 1. The van der Waals surface area contributed by atoms with Crippen molar-refractivity contribution in [2.75, 3.05) is 5.01 Å². The van der Waals surface area contributed by atoms with E-state index in [0.717, 1.165) is 18.6 Å². The number of hydrogen-bond donors (Lipinski definition) is 1. The van der Waals surface area contributed by atoms with Gasteiger partial charge in [0.15, 0.2) is 0 Å². The molecule has 0 heterocycles. The molecule has 1 amide bonds. The molecule has 130 valence electrons. The zero-order valence-electron chi connectivity index (χ0n) is 13.5. The first kappa shape index (κ1) is 17.0. The first-order chi connectivity index (χ1) is 11.0. The zero-order chi connectivity index (χ0) is 17.9. The van der Waals surface area contributed by atoms with Crippen molar-refractivity contribution in [1.82, 2.24) is 0 Å².